The highest BCUT2D eigenvalue weighted by molar-refractivity contribution is 5.99. The fourth-order valence-corrected chi connectivity index (χ4v) is 4.22. The van der Waals surface area contributed by atoms with Crippen molar-refractivity contribution in [2.24, 2.45) is 0 Å². The molecule has 1 unspecified atom stereocenters. The van der Waals surface area contributed by atoms with Gasteiger partial charge in [0.25, 0.3) is 5.69 Å². The molecule has 1 fully saturated rings. The summed E-state index contributed by atoms with van der Waals surface area (Å²) in [6.45, 7) is 5.43. The van der Waals surface area contributed by atoms with Crippen LogP contribution >= 0.6 is 0 Å². The summed E-state index contributed by atoms with van der Waals surface area (Å²) < 4.78 is 0. The number of nitrogens with zero attached hydrogens (tertiary/aromatic N) is 5. The van der Waals surface area contributed by atoms with Crippen LogP contribution in [0.2, 0.25) is 0 Å². The fraction of sp³-hybridized carbons (Fsp3) is 0.333. The second-order valence-electron chi connectivity index (χ2n) is 8.14. The minimum atomic E-state index is -0.371. The van der Waals surface area contributed by atoms with Crippen LogP contribution in [-0.4, -0.2) is 65.4 Å². The Morgan fingerprint density at radius 1 is 1.09 bits per heavy atom. The van der Waals surface area contributed by atoms with Crippen LogP contribution in [0.3, 0.4) is 0 Å². The van der Waals surface area contributed by atoms with Crippen molar-refractivity contribution in [3.8, 4) is 0 Å². The van der Waals surface area contributed by atoms with Crippen LogP contribution in [0.5, 0.6) is 0 Å². The highest BCUT2D eigenvalue weighted by Crippen LogP contribution is 2.33. The summed E-state index contributed by atoms with van der Waals surface area (Å²) in [6, 6.07) is 15.2. The smallest absolute Gasteiger partial charge is 0.278 e. The highest BCUT2D eigenvalue weighted by Gasteiger charge is 2.25. The SMILES string of the molecule is CC(c1ccccc1)N(C)C(=O)CN1CCN(c2ccc([N+](=O)[O-])c3cnccc23)CC1. The van der Waals surface area contributed by atoms with Gasteiger partial charge < -0.3 is 9.80 Å². The second-order valence-corrected chi connectivity index (χ2v) is 8.14. The van der Waals surface area contributed by atoms with Crippen molar-refractivity contribution in [2.45, 2.75) is 13.0 Å². The van der Waals surface area contributed by atoms with E-state index in [1.165, 1.54) is 0 Å². The Morgan fingerprint density at radius 2 is 1.81 bits per heavy atom. The first-order valence-corrected chi connectivity index (χ1v) is 10.7. The number of carbonyl (C=O) groups excluding carboxylic acids is 1. The first-order valence-electron chi connectivity index (χ1n) is 10.7. The van der Waals surface area contributed by atoms with Gasteiger partial charge in [-0.3, -0.25) is 24.8 Å². The molecule has 0 saturated carbocycles. The zero-order valence-electron chi connectivity index (χ0n) is 18.3. The molecule has 1 atom stereocenters. The Hall–Kier alpha value is -3.52. The van der Waals surface area contributed by atoms with Crippen LogP contribution in [0.1, 0.15) is 18.5 Å². The molecule has 3 aromatic rings. The molecule has 8 heteroatoms. The average Bonchev–Trinajstić information content (AvgIpc) is 2.83. The van der Waals surface area contributed by atoms with Crippen LogP contribution in [0, 0.1) is 10.1 Å². The number of likely N-dealkylation sites (N-methyl/N-ethyl adjacent to an activating group) is 1. The van der Waals surface area contributed by atoms with Gasteiger partial charge in [0.15, 0.2) is 0 Å². The van der Waals surface area contributed by atoms with Crippen LogP contribution in [0.25, 0.3) is 10.8 Å². The van der Waals surface area contributed by atoms with E-state index in [2.05, 4.69) is 14.8 Å². The summed E-state index contributed by atoms with van der Waals surface area (Å²) in [6.07, 6.45) is 3.21. The van der Waals surface area contributed by atoms with Crippen molar-refractivity contribution >= 4 is 28.1 Å². The minimum Gasteiger partial charge on any atom is -0.368 e. The topological polar surface area (TPSA) is 82.8 Å². The summed E-state index contributed by atoms with van der Waals surface area (Å²) in [5.41, 5.74) is 2.15. The van der Waals surface area contributed by atoms with E-state index in [1.807, 2.05) is 56.4 Å². The van der Waals surface area contributed by atoms with E-state index in [0.29, 0.717) is 11.9 Å². The van der Waals surface area contributed by atoms with Gasteiger partial charge in [-0.2, -0.15) is 0 Å². The monoisotopic (exact) mass is 433 g/mol. The molecule has 1 amide bonds. The molecule has 0 bridgehead atoms. The standard InChI is InChI=1S/C24H27N5O3/c1-18(19-6-4-3-5-7-19)26(2)24(30)17-27-12-14-28(15-13-27)22-8-9-23(29(31)32)21-16-25-11-10-20(21)22/h3-11,16,18H,12-15,17H2,1-2H3. The van der Waals surface area contributed by atoms with Crippen molar-refractivity contribution in [3.63, 3.8) is 0 Å². The maximum absolute atomic E-state index is 12.9. The van der Waals surface area contributed by atoms with E-state index in [1.54, 1.807) is 23.4 Å². The summed E-state index contributed by atoms with van der Waals surface area (Å²) in [5, 5.41) is 12.7. The zero-order valence-corrected chi connectivity index (χ0v) is 18.3. The molecular weight excluding hydrogens is 406 g/mol. The number of hydrogen-bond donors (Lipinski definition) is 0. The number of piperazine rings is 1. The van der Waals surface area contributed by atoms with Crippen LogP contribution in [-0.2, 0) is 4.79 Å². The number of pyridine rings is 1. The van der Waals surface area contributed by atoms with Gasteiger partial charge >= 0.3 is 0 Å². The number of anilines is 1. The lowest BCUT2D eigenvalue weighted by molar-refractivity contribution is -0.383. The Labute approximate surface area is 187 Å². The molecule has 1 saturated heterocycles. The average molecular weight is 434 g/mol. The Morgan fingerprint density at radius 3 is 2.50 bits per heavy atom. The van der Waals surface area contributed by atoms with Gasteiger partial charge in [0.05, 0.1) is 22.9 Å². The number of benzene rings is 2. The predicted octanol–water partition coefficient (Wildman–Crippen LogP) is 3.48. The van der Waals surface area contributed by atoms with Crippen LogP contribution in [0.15, 0.2) is 60.9 Å². The molecule has 4 rings (SSSR count). The first kappa shape index (κ1) is 21.7. The van der Waals surface area contributed by atoms with Gasteiger partial charge in [0, 0.05) is 62.8 Å². The van der Waals surface area contributed by atoms with E-state index in [9.17, 15) is 14.9 Å². The van der Waals surface area contributed by atoms with Crippen molar-refractivity contribution in [2.75, 3.05) is 44.7 Å². The van der Waals surface area contributed by atoms with Gasteiger partial charge in [0.2, 0.25) is 5.91 Å². The third kappa shape index (κ3) is 4.40. The molecule has 0 spiro atoms. The summed E-state index contributed by atoms with van der Waals surface area (Å²) in [4.78, 5) is 34.1. The molecule has 1 aromatic heterocycles. The van der Waals surface area contributed by atoms with Gasteiger partial charge in [-0.05, 0) is 24.6 Å². The maximum Gasteiger partial charge on any atom is 0.278 e. The molecule has 166 valence electrons. The molecule has 32 heavy (non-hydrogen) atoms. The summed E-state index contributed by atoms with van der Waals surface area (Å²) in [7, 11) is 1.85. The minimum absolute atomic E-state index is 0.0186. The third-order valence-electron chi connectivity index (χ3n) is 6.30. The summed E-state index contributed by atoms with van der Waals surface area (Å²) >= 11 is 0. The largest absolute Gasteiger partial charge is 0.368 e. The molecule has 0 aliphatic carbocycles. The molecule has 0 N–H and O–H groups in total. The highest BCUT2D eigenvalue weighted by atomic mass is 16.6. The Kier molecular flexibility index (Phi) is 6.32. The predicted molar refractivity (Wildman–Crippen MR) is 125 cm³/mol. The van der Waals surface area contributed by atoms with Crippen molar-refractivity contribution < 1.29 is 9.72 Å². The molecule has 8 nitrogen and oxygen atoms in total. The molecule has 1 aliphatic rings. The third-order valence-corrected chi connectivity index (χ3v) is 6.30. The quantitative estimate of drug-likeness (QED) is 0.437. The second kappa shape index (κ2) is 9.32. The van der Waals surface area contributed by atoms with E-state index in [0.717, 1.165) is 42.8 Å². The Bertz CT molecular complexity index is 1110. The van der Waals surface area contributed by atoms with E-state index in [4.69, 9.17) is 0 Å². The normalized spacial score (nSPS) is 15.5. The molecule has 2 heterocycles. The number of amides is 1. The first-order chi connectivity index (χ1) is 15.5. The lowest BCUT2D eigenvalue weighted by atomic mass is 10.1. The number of carbonyl (C=O) groups is 1. The number of non-ortho nitro benzene ring substituents is 1. The molecule has 0 radical (unpaired) electrons. The number of aromatic nitrogens is 1. The van der Waals surface area contributed by atoms with E-state index in [-0.39, 0.29) is 22.6 Å². The zero-order chi connectivity index (χ0) is 22.7. The van der Waals surface area contributed by atoms with Crippen molar-refractivity contribution in [3.05, 3.63) is 76.6 Å². The van der Waals surface area contributed by atoms with E-state index >= 15 is 0 Å². The van der Waals surface area contributed by atoms with Gasteiger partial charge in [-0.25, -0.2) is 0 Å². The number of rotatable bonds is 6. The molecular formula is C24H27N5O3. The van der Waals surface area contributed by atoms with E-state index < -0.39 is 0 Å². The maximum atomic E-state index is 12.9. The van der Waals surface area contributed by atoms with Crippen molar-refractivity contribution in [1.29, 1.82) is 0 Å². The molecule has 1 aliphatic heterocycles. The van der Waals surface area contributed by atoms with Crippen LogP contribution < -0.4 is 4.90 Å². The number of nitro groups is 1. The van der Waals surface area contributed by atoms with Crippen molar-refractivity contribution in [1.82, 2.24) is 14.8 Å². The number of fused-ring (bicyclic) bond motifs is 1. The lowest BCUT2D eigenvalue weighted by Gasteiger charge is -2.37. The van der Waals surface area contributed by atoms with Gasteiger partial charge in [0.1, 0.15) is 0 Å². The molecule has 2 aromatic carbocycles. The van der Waals surface area contributed by atoms with Gasteiger partial charge in [-0.1, -0.05) is 30.3 Å². The Balaban J connectivity index is 1.40. The number of hydrogen-bond acceptors (Lipinski definition) is 6. The van der Waals surface area contributed by atoms with Gasteiger partial charge in [-0.15, -0.1) is 0 Å². The number of nitro benzene ring substituents is 1. The lowest BCUT2D eigenvalue weighted by Crippen LogP contribution is -2.50. The van der Waals surface area contributed by atoms with Crippen LogP contribution in [0.4, 0.5) is 11.4 Å². The summed E-state index contributed by atoms with van der Waals surface area (Å²) in [5.74, 6) is 0.0988. The fourth-order valence-electron chi connectivity index (χ4n) is 4.22.